The molecule has 0 aliphatic carbocycles. The summed E-state index contributed by atoms with van der Waals surface area (Å²) in [5, 5.41) is 3.58. The predicted octanol–water partition coefficient (Wildman–Crippen LogP) is 3.28. The standard InChI is InChI=1S/C17H16N4O3S/c1-24-15-10-7-14(8-11-15)17(20-25(2,22)23)12-9-13-5-3-4-6-16(13)19-21-18/h3-8,10-11,17,20H,1-2H3. The van der Waals surface area contributed by atoms with Crippen molar-refractivity contribution in [3.05, 3.63) is 70.1 Å². The highest BCUT2D eigenvalue weighted by Crippen LogP contribution is 2.20. The summed E-state index contributed by atoms with van der Waals surface area (Å²) in [4.78, 5) is 2.76. The number of benzene rings is 2. The summed E-state index contributed by atoms with van der Waals surface area (Å²) in [6.45, 7) is 0. The molecule has 0 bridgehead atoms. The lowest BCUT2D eigenvalue weighted by molar-refractivity contribution is 0.414. The molecular weight excluding hydrogens is 340 g/mol. The van der Waals surface area contributed by atoms with Crippen molar-refractivity contribution in [1.82, 2.24) is 4.72 Å². The number of nitrogens with one attached hydrogen (secondary N) is 1. The molecule has 8 heteroatoms. The van der Waals surface area contributed by atoms with Crippen LogP contribution in [0.2, 0.25) is 0 Å². The first-order chi connectivity index (χ1) is 11.9. The largest absolute Gasteiger partial charge is 0.497 e. The Hall–Kier alpha value is -2.98. The Kier molecular flexibility index (Phi) is 6.03. The van der Waals surface area contributed by atoms with Crippen LogP contribution < -0.4 is 9.46 Å². The van der Waals surface area contributed by atoms with Gasteiger partial charge < -0.3 is 4.74 Å². The van der Waals surface area contributed by atoms with E-state index in [1.807, 2.05) is 0 Å². The second-order valence-electron chi connectivity index (χ2n) is 5.07. The van der Waals surface area contributed by atoms with Gasteiger partial charge in [0, 0.05) is 10.5 Å². The van der Waals surface area contributed by atoms with E-state index in [1.54, 1.807) is 55.6 Å². The van der Waals surface area contributed by atoms with Gasteiger partial charge in [-0.05, 0) is 29.3 Å². The maximum absolute atomic E-state index is 11.6. The molecular formula is C17H16N4O3S. The Morgan fingerprint density at radius 2 is 1.88 bits per heavy atom. The average molecular weight is 356 g/mol. The third kappa shape index (κ3) is 5.55. The van der Waals surface area contributed by atoms with E-state index in [4.69, 9.17) is 10.3 Å². The minimum atomic E-state index is -3.48. The van der Waals surface area contributed by atoms with Gasteiger partial charge in [-0.3, -0.25) is 0 Å². The normalized spacial score (nSPS) is 11.6. The summed E-state index contributed by atoms with van der Waals surface area (Å²) in [5.41, 5.74) is 10.2. The van der Waals surface area contributed by atoms with E-state index in [-0.39, 0.29) is 0 Å². The van der Waals surface area contributed by atoms with Crippen molar-refractivity contribution in [3.8, 4) is 17.6 Å². The number of rotatable bonds is 5. The lowest BCUT2D eigenvalue weighted by Crippen LogP contribution is -2.26. The van der Waals surface area contributed by atoms with Crippen LogP contribution in [0.3, 0.4) is 0 Å². The molecule has 0 aliphatic heterocycles. The van der Waals surface area contributed by atoms with Crippen LogP contribution in [0.1, 0.15) is 17.2 Å². The van der Waals surface area contributed by atoms with Crippen LogP contribution >= 0.6 is 0 Å². The predicted molar refractivity (Wildman–Crippen MR) is 95.8 cm³/mol. The Morgan fingerprint density at radius 1 is 1.20 bits per heavy atom. The van der Waals surface area contributed by atoms with Crippen LogP contribution in [-0.4, -0.2) is 21.8 Å². The van der Waals surface area contributed by atoms with E-state index in [9.17, 15) is 8.42 Å². The Bertz CT molecular complexity index is 953. The number of azide groups is 1. The minimum absolute atomic E-state index is 0.380. The molecule has 2 aromatic rings. The number of hydrogen-bond donors (Lipinski definition) is 1. The highest BCUT2D eigenvalue weighted by Gasteiger charge is 2.14. The van der Waals surface area contributed by atoms with Crippen LogP contribution in [-0.2, 0) is 10.0 Å². The monoisotopic (exact) mass is 356 g/mol. The summed E-state index contributed by atoms with van der Waals surface area (Å²) < 4.78 is 30.9. The molecule has 2 aromatic carbocycles. The second kappa shape index (κ2) is 8.22. The quantitative estimate of drug-likeness (QED) is 0.385. The zero-order valence-corrected chi connectivity index (χ0v) is 14.5. The van der Waals surface area contributed by atoms with Crippen molar-refractivity contribution >= 4 is 15.7 Å². The van der Waals surface area contributed by atoms with Gasteiger partial charge in [0.2, 0.25) is 10.0 Å². The van der Waals surface area contributed by atoms with Gasteiger partial charge in [0.05, 0.1) is 19.1 Å². The summed E-state index contributed by atoms with van der Waals surface area (Å²) in [6, 6.07) is 13.0. The SMILES string of the molecule is COc1ccc(C(C#Cc2ccccc2N=[N+]=[N-])NS(C)(=O)=O)cc1. The Labute approximate surface area is 146 Å². The lowest BCUT2D eigenvalue weighted by atomic mass is 10.1. The van der Waals surface area contributed by atoms with Crippen molar-refractivity contribution in [1.29, 1.82) is 0 Å². The lowest BCUT2D eigenvalue weighted by Gasteiger charge is -2.12. The molecule has 1 unspecified atom stereocenters. The van der Waals surface area contributed by atoms with E-state index in [0.29, 0.717) is 22.6 Å². The van der Waals surface area contributed by atoms with Crippen molar-refractivity contribution < 1.29 is 13.2 Å². The maximum atomic E-state index is 11.6. The van der Waals surface area contributed by atoms with Gasteiger partial charge in [0.25, 0.3) is 0 Å². The first-order valence-corrected chi connectivity index (χ1v) is 9.09. The van der Waals surface area contributed by atoms with E-state index >= 15 is 0 Å². The molecule has 1 N–H and O–H groups in total. The molecule has 2 rings (SSSR count). The molecule has 0 fully saturated rings. The average Bonchev–Trinajstić information content (AvgIpc) is 2.59. The fourth-order valence-electron chi connectivity index (χ4n) is 2.06. The first-order valence-electron chi connectivity index (χ1n) is 7.20. The number of nitrogens with zero attached hydrogens (tertiary/aromatic N) is 3. The van der Waals surface area contributed by atoms with E-state index in [1.165, 1.54) is 0 Å². The zero-order valence-electron chi connectivity index (χ0n) is 13.7. The molecule has 7 nitrogen and oxygen atoms in total. The minimum Gasteiger partial charge on any atom is -0.497 e. The fourth-order valence-corrected chi connectivity index (χ4v) is 2.68. The molecule has 0 radical (unpaired) electrons. The third-order valence-corrected chi connectivity index (χ3v) is 3.85. The zero-order chi connectivity index (χ0) is 18.3. The summed E-state index contributed by atoms with van der Waals surface area (Å²) in [7, 11) is -1.93. The Morgan fingerprint density at radius 3 is 2.48 bits per heavy atom. The van der Waals surface area contributed by atoms with Crippen molar-refractivity contribution in [3.63, 3.8) is 0 Å². The molecule has 0 spiro atoms. The number of sulfonamides is 1. The highest BCUT2D eigenvalue weighted by molar-refractivity contribution is 7.88. The van der Waals surface area contributed by atoms with E-state index < -0.39 is 16.1 Å². The molecule has 1 atom stereocenters. The molecule has 0 amide bonds. The topological polar surface area (TPSA) is 104 Å². The highest BCUT2D eigenvalue weighted by atomic mass is 32.2. The summed E-state index contributed by atoms with van der Waals surface area (Å²) in [5.74, 6) is 6.41. The van der Waals surface area contributed by atoms with Crippen LogP contribution in [0.5, 0.6) is 5.75 Å². The van der Waals surface area contributed by atoms with Crippen LogP contribution in [0.15, 0.2) is 53.6 Å². The smallest absolute Gasteiger partial charge is 0.210 e. The van der Waals surface area contributed by atoms with Gasteiger partial charge in [0.15, 0.2) is 0 Å². The van der Waals surface area contributed by atoms with Crippen molar-refractivity contribution in [2.75, 3.05) is 13.4 Å². The number of ether oxygens (including phenoxy) is 1. The van der Waals surface area contributed by atoms with Gasteiger partial charge in [0.1, 0.15) is 11.8 Å². The molecule has 25 heavy (non-hydrogen) atoms. The van der Waals surface area contributed by atoms with Gasteiger partial charge in [-0.25, -0.2) is 8.42 Å². The van der Waals surface area contributed by atoms with E-state index in [0.717, 1.165) is 6.26 Å². The molecule has 0 heterocycles. The summed E-state index contributed by atoms with van der Waals surface area (Å²) in [6.07, 6.45) is 1.07. The first kappa shape index (κ1) is 18.4. The Balaban J connectivity index is 2.42. The van der Waals surface area contributed by atoms with Gasteiger partial charge in [-0.1, -0.05) is 47.3 Å². The number of methoxy groups -OCH3 is 1. The molecule has 0 saturated carbocycles. The van der Waals surface area contributed by atoms with Crippen molar-refractivity contribution in [2.24, 2.45) is 5.11 Å². The van der Waals surface area contributed by atoms with Crippen LogP contribution in [0.4, 0.5) is 5.69 Å². The van der Waals surface area contributed by atoms with Crippen LogP contribution in [0.25, 0.3) is 10.4 Å². The molecule has 128 valence electrons. The van der Waals surface area contributed by atoms with E-state index in [2.05, 4.69) is 26.6 Å². The number of hydrogen-bond acceptors (Lipinski definition) is 4. The molecule has 0 aliphatic rings. The van der Waals surface area contributed by atoms with Gasteiger partial charge in [-0.2, -0.15) is 4.72 Å². The van der Waals surface area contributed by atoms with Gasteiger partial charge in [-0.15, -0.1) is 0 Å². The second-order valence-corrected chi connectivity index (χ2v) is 6.85. The van der Waals surface area contributed by atoms with Crippen molar-refractivity contribution in [2.45, 2.75) is 6.04 Å². The molecule has 0 aromatic heterocycles. The molecule has 0 saturated heterocycles. The maximum Gasteiger partial charge on any atom is 0.210 e. The fraction of sp³-hybridized carbons (Fsp3) is 0.176. The van der Waals surface area contributed by atoms with Crippen LogP contribution in [0, 0.1) is 11.8 Å². The van der Waals surface area contributed by atoms with Gasteiger partial charge >= 0.3 is 0 Å². The third-order valence-electron chi connectivity index (χ3n) is 3.19. The summed E-state index contributed by atoms with van der Waals surface area (Å²) >= 11 is 0.